The summed E-state index contributed by atoms with van der Waals surface area (Å²) >= 11 is 0. The van der Waals surface area contributed by atoms with Gasteiger partial charge in [0.1, 0.15) is 29.5 Å². The number of halogens is 1. The van der Waals surface area contributed by atoms with E-state index in [1.54, 1.807) is 0 Å². The van der Waals surface area contributed by atoms with E-state index in [2.05, 4.69) is 5.10 Å². The van der Waals surface area contributed by atoms with Crippen LogP contribution in [0.1, 0.15) is 10.4 Å². The molecule has 0 radical (unpaired) electrons. The second-order valence-electron chi connectivity index (χ2n) is 3.78. The van der Waals surface area contributed by atoms with Crippen molar-refractivity contribution in [3.8, 4) is 5.69 Å². The molecule has 108 valence electrons. The number of nitro benzene ring substituents is 1. The average Bonchev–Trinajstić information content (AvgIpc) is 2.87. The van der Waals surface area contributed by atoms with Crippen molar-refractivity contribution in [1.82, 2.24) is 9.78 Å². The number of aromatic nitrogens is 2. The van der Waals surface area contributed by atoms with Crippen LogP contribution < -0.4 is 0 Å². The number of nitro groups is 2. The van der Waals surface area contributed by atoms with Crippen LogP contribution in [0.25, 0.3) is 5.69 Å². The van der Waals surface area contributed by atoms with E-state index >= 15 is 0 Å². The molecule has 0 aliphatic carbocycles. The molecular weight excluding hydrogens is 291 g/mol. The van der Waals surface area contributed by atoms with E-state index in [0.29, 0.717) is 12.1 Å². The second kappa shape index (κ2) is 4.96. The van der Waals surface area contributed by atoms with E-state index in [-0.39, 0.29) is 0 Å². The number of rotatable bonds is 4. The van der Waals surface area contributed by atoms with Gasteiger partial charge in [-0.3, -0.25) is 20.2 Å². The van der Waals surface area contributed by atoms with Crippen molar-refractivity contribution in [2.75, 3.05) is 0 Å². The molecule has 0 saturated carbocycles. The Kier molecular flexibility index (Phi) is 3.32. The fourth-order valence-electron chi connectivity index (χ4n) is 1.58. The lowest BCUT2D eigenvalue weighted by atomic mass is 10.1. The zero-order chi connectivity index (χ0) is 15.7. The summed E-state index contributed by atoms with van der Waals surface area (Å²) in [6.07, 6.45) is 1.68. The zero-order valence-electron chi connectivity index (χ0n) is 9.96. The van der Waals surface area contributed by atoms with Crippen LogP contribution in [0.3, 0.4) is 0 Å². The third-order valence-electron chi connectivity index (χ3n) is 2.52. The summed E-state index contributed by atoms with van der Waals surface area (Å²) in [7, 11) is 0. The molecule has 1 aromatic heterocycles. The number of nitrogens with zero attached hydrogens (tertiary/aromatic N) is 4. The first-order chi connectivity index (χ1) is 9.81. The number of carboxylic acid groups (broad SMARTS) is 1. The third kappa shape index (κ3) is 2.51. The molecule has 0 amide bonds. The molecule has 0 aliphatic heterocycles. The molecule has 1 heterocycles. The van der Waals surface area contributed by atoms with Crippen LogP contribution in [-0.2, 0) is 0 Å². The van der Waals surface area contributed by atoms with Crippen LogP contribution in [-0.4, -0.2) is 30.7 Å². The van der Waals surface area contributed by atoms with Gasteiger partial charge in [0.2, 0.25) is 0 Å². The lowest BCUT2D eigenvalue weighted by Crippen LogP contribution is -2.07. The Morgan fingerprint density at radius 2 is 1.95 bits per heavy atom. The maximum atomic E-state index is 13.6. The van der Waals surface area contributed by atoms with E-state index in [4.69, 9.17) is 5.11 Å². The van der Waals surface area contributed by atoms with E-state index < -0.39 is 44.3 Å². The van der Waals surface area contributed by atoms with Crippen LogP contribution in [0.4, 0.5) is 15.8 Å². The standard InChI is InChI=1S/C10H5FN4O6/c11-7-2-8(13-4-5(3-12-13)14(18)19)9(15(20)21)1-6(7)10(16)17/h1-4H,(H,16,17). The van der Waals surface area contributed by atoms with Gasteiger partial charge in [0.15, 0.2) is 0 Å². The first-order valence-corrected chi connectivity index (χ1v) is 5.22. The molecule has 0 aliphatic rings. The van der Waals surface area contributed by atoms with Crippen LogP contribution >= 0.6 is 0 Å². The van der Waals surface area contributed by atoms with E-state index in [1.165, 1.54) is 0 Å². The zero-order valence-corrected chi connectivity index (χ0v) is 9.96. The molecule has 0 fully saturated rings. The molecular formula is C10H5FN4O6. The van der Waals surface area contributed by atoms with E-state index in [1.807, 2.05) is 0 Å². The highest BCUT2D eigenvalue weighted by Crippen LogP contribution is 2.27. The summed E-state index contributed by atoms with van der Waals surface area (Å²) in [5, 5.41) is 33.7. The molecule has 0 bridgehead atoms. The van der Waals surface area contributed by atoms with Crippen molar-refractivity contribution in [3.63, 3.8) is 0 Å². The summed E-state index contributed by atoms with van der Waals surface area (Å²) in [5.74, 6) is -2.89. The number of hydrogen-bond donors (Lipinski definition) is 1. The minimum atomic E-state index is -1.67. The summed E-state index contributed by atoms with van der Waals surface area (Å²) < 4.78 is 14.3. The lowest BCUT2D eigenvalue weighted by Gasteiger charge is -2.04. The van der Waals surface area contributed by atoms with E-state index in [0.717, 1.165) is 17.1 Å². The van der Waals surface area contributed by atoms with Gasteiger partial charge in [-0.15, -0.1) is 0 Å². The van der Waals surface area contributed by atoms with Crippen LogP contribution in [0.15, 0.2) is 24.5 Å². The molecule has 1 aromatic carbocycles. The molecule has 2 rings (SSSR count). The van der Waals surface area contributed by atoms with Gasteiger partial charge in [-0.2, -0.15) is 5.10 Å². The highest BCUT2D eigenvalue weighted by atomic mass is 19.1. The quantitative estimate of drug-likeness (QED) is 0.665. The predicted octanol–water partition coefficient (Wildman–Crippen LogP) is 1.53. The molecule has 21 heavy (non-hydrogen) atoms. The fourth-order valence-corrected chi connectivity index (χ4v) is 1.58. The van der Waals surface area contributed by atoms with Crippen LogP contribution in [0.5, 0.6) is 0 Å². The summed E-state index contributed by atoms with van der Waals surface area (Å²) in [4.78, 5) is 30.5. The maximum Gasteiger partial charge on any atom is 0.338 e. The predicted molar refractivity (Wildman–Crippen MR) is 63.8 cm³/mol. The number of aromatic carboxylic acids is 1. The van der Waals surface area contributed by atoms with Gasteiger partial charge in [-0.1, -0.05) is 0 Å². The Morgan fingerprint density at radius 1 is 1.29 bits per heavy atom. The van der Waals surface area contributed by atoms with Gasteiger partial charge >= 0.3 is 11.7 Å². The summed E-state index contributed by atoms with van der Waals surface area (Å²) in [5.41, 5.74) is -2.50. The molecule has 0 atom stereocenters. The minimum absolute atomic E-state index is 0.421. The lowest BCUT2D eigenvalue weighted by molar-refractivity contribution is -0.385. The number of carbonyl (C=O) groups is 1. The monoisotopic (exact) mass is 296 g/mol. The van der Waals surface area contributed by atoms with Gasteiger partial charge in [0.05, 0.1) is 9.85 Å². The Labute approximate surface area is 114 Å². The maximum absolute atomic E-state index is 13.6. The summed E-state index contributed by atoms with van der Waals surface area (Å²) in [6.45, 7) is 0. The largest absolute Gasteiger partial charge is 0.478 e. The number of carboxylic acids is 1. The molecule has 11 heteroatoms. The second-order valence-corrected chi connectivity index (χ2v) is 3.78. The normalized spacial score (nSPS) is 10.3. The van der Waals surface area contributed by atoms with Crippen molar-refractivity contribution < 1.29 is 24.1 Å². The molecule has 0 spiro atoms. The minimum Gasteiger partial charge on any atom is -0.478 e. The fraction of sp³-hybridized carbons (Fsp3) is 0. The molecule has 0 saturated heterocycles. The smallest absolute Gasteiger partial charge is 0.338 e. The first-order valence-electron chi connectivity index (χ1n) is 5.22. The van der Waals surface area contributed by atoms with Crippen molar-refractivity contribution >= 4 is 17.3 Å². The highest BCUT2D eigenvalue weighted by molar-refractivity contribution is 5.89. The molecule has 0 unspecified atom stereocenters. The van der Waals surface area contributed by atoms with Gasteiger partial charge in [-0.25, -0.2) is 13.9 Å². The number of hydrogen-bond acceptors (Lipinski definition) is 6. The van der Waals surface area contributed by atoms with Gasteiger partial charge in [-0.05, 0) is 0 Å². The Morgan fingerprint density at radius 3 is 2.43 bits per heavy atom. The Hall–Kier alpha value is -3.37. The Balaban J connectivity index is 2.66. The van der Waals surface area contributed by atoms with Gasteiger partial charge in [0, 0.05) is 12.1 Å². The van der Waals surface area contributed by atoms with Crippen molar-refractivity contribution in [1.29, 1.82) is 0 Å². The van der Waals surface area contributed by atoms with Crippen molar-refractivity contribution in [3.05, 3.63) is 56.1 Å². The Bertz CT molecular complexity index is 771. The third-order valence-corrected chi connectivity index (χ3v) is 2.52. The van der Waals surface area contributed by atoms with Crippen molar-refractivity contribution in [2.24, 2.45) is 0 Å². The van der Waals surface area contributed by atoms with Gasteiger partial charge in [0.25, 0.3) is 5.69 Å². The highest BCUT2D eigenvalue weighted by Gasteiger charge is 2.24. The first kappa shape index (κ1) is 14.0. The topological polar surface area (TPSA) is 141 Å². The molecule has 2 aromatic rings. The molecule has 10 nitrogen and oxygen atoms in total. The SMILES string of the molecule is O=C(O)c1cc([N+](=O)[O-])c(-n2cc([N+](=O)[O-])cn2)cc1F. The number of benzene rings is 1. The van der Waals surface area contributed by atoms with Crippen LogP contribution in [0.2, 0.25) is 0 Å². The van der Waals surface area contributed by atoms with Gasteiger partial charge < -0.3 is 5.11 Å². The summed E-state index contributed by atoms with van der Waals surface area (Å²) in [6, 6.07) is 1.11. The van der Waals surface area contributed by atoms with E-state index in [9.17, 15) is 29.4 Å². The van der Waals surface area contributed by atoms with Crippen molar-refractivity contribution in [2.45, 2.75) is 0 Å². The average molecular weight is 296 g/mol. The van der Waals surface area contributed by atoms with Crippen LogP contribution in [0, 0.1) is 26.0 Å². The molecule has 1 N–H and O–H groups in total.